The fourth-order valence-electron chi connectivity index (χ4n) is 2.53. The van der Waals surface area contributed by atoms with Crippen LogP contribution in [0.3, 0.4) is 0 Å². The lowest BCUT2D eigenvalue weighted by atomic mass is 10.2. The van der Waals surface area contributed by atoms with E-state index < -0.39 is 0 Å². The normalized spacial score (nSPS) is 11.0. The van der Waals surface area contributed by atoms with Gasteiger partial charge in [0.25, 0.3) is 5.56 Å². The molecule has 0 aliphatic carbocycles. The van der Waals surface area contributed by atoms with E-state index in [2.05, 4.69) is 9.97 Å². The number of hydrogen-bond donors (Lipinski definition) is 0. The lowest BCUT2D eigenvalue weighted by Gasteiger charge is -2.04. The summed E-state index contributed by atoms with van der Waals surface area (Å²) < 4.78 is 1.58. The zero-order valence-corrected chi connectivity index (χ0v) is 14.1. The molecular weight excluding hydrogens is 342 g/mol. The molecule has 0 fully saturated rings. The molecule has 0 radical (unpaired) electrons. The Morgan fingerprint density at radius 3 is 2.75 bits per heavy atom. The van der Waals surface area contributed by atoms with Crippen LogP contribution in [0.5, 0.6) is 0 Å². The Bertz CT molecular complexity index is 1090. The Hall–Kier alpha value is -2.50. The van der Waals surface area contributed by atoms with Crippen molar-refractivity contribution in [3.05, 3.63) is 81.3 Å². The van der Waals surface area contributed by atoms with Crippen molar-refractivity contribution in [2.45, 2.75) is 6.54 Å². The largest absolute Gasteiger partial charge is 0.293 e. The molecule has 0 saturated carbocycles. The van der Waals surface area contributed by atoms with E-state index >= 15 is 0 Å². The number of rotatable bonds is 3. The third-order valence-corrected chi connectivity index (χ3v) is 4.97. The van der Waals surface area contributed by atoms with Crippen LogP contribution in [0.2, 0.25) is 5.02 Å². The van der Waals surface area contributed by atoms with Crippen LogP contribution in [0.25, 0.3) is 21.5 Å². The highest BCUT2D eigenvalue weighted by molar-refractivity contribution is 7.13. The molecule has 0 aliphatic heterocycles. The molecule has 0 atom stereocenters. The summed E-state index contributed by atoms with van der Waals surface area (Å²) in [5.41, 5.74) is 2.36. The Kier molecular flexibility index (Phi) is 3.88. The van der Waals surface area contributed by atoms with Gasteiger partial charge in [0, 0.05) is 10.9 Å². The van der Waals surface area contributed by atoms with Crippen LogP contribution in [0, 0.1) is 0 Å². The van der Waals surface area contributed by atoms with E-state index in [0.717, 1.165) is 16.3 Å². The number of nitrogens with zero attached hydrogens (tertiary/aromatic N) is 3. The van der Waals surface area contributed by atoms with E-state index in [4.69, 9.17) is 11.6 Å². The first kappa shape index (κ1) is 15.1. The van der Waals surface area contributed by atoms with Crippen molar-refractivity contribution in [3.63, 3.8) is 0 Å². The predicted octanol–water partition coefficient (Wildman–Crippen LogP) is 4.22. The first-order valence-corrected chi connectivity index (χ1v) is 8.61. The molecular formula is C18H12ClN3OS. The van der Waals surface area contributed by atoms with Gasteiger partial charge in [-0.2, -0.15) is 0 Å². The van der Waals surface area contributed by atoms with Gasteiger partial charge in [0.1, 0.15) is 5.01 Å². The number of para-hydroxylation sites is 1. The fourth-order valence-corrected chi connectivity index (χ4v) is 3.66. The molecule has 0 bridgehead atoms. The second-order valence-electron chi connectivity index (χ2n) is 5.32. The molecule has 24 heavy (non-hydrogen) atoms. The summed E-state index contributed by atoms with van der Waals surface area (Å²) in [6, 6.07) is 14.9. The van der Waals surface area contributed by atoms with Gasteiger partial charge in [-0.1, -0.05) is 41.9 Å². The highest BCUT2D eigenvalue weighted by atomic mass is 35.5. The third kappa shape index (κ3) is 2.72. The van der Waals surface area contributed by atoms with E-state index in [1.807, 2.05) is 47.8 Å². The molecule has 4 rings (SSSR count). The highest BCUT2D eigenvalue weighted by Crippen LogP contribution is 2.30. The van der Waals surface area contributed by atoms with Gasteiger partial charge in [0.15, 0.2) is 0 Å². The van der Waals surface area contributed by atoms with Gasteiger partial charge in [-0.05, 0) is 18.2 Å². The minimum absolute atomic E-state index is 0.0621. The first-order chi connectivity index (χ1) is 11.7. The van der Waals surface area contributed by atoms with Crippen molar-refractivity contribution < 1.29 is 0 Å². The van der Waals surface area contributed by atoms with Crippen molar-refractivity contribution >= 4 is 33.8 Å². The molecule has 6 heteroatoms. The topological polar surface area (TPSA) is 47.8 Å². The monoisotopic (exact) mass is 353 g/mol. The van der Waals surface area contributed by atoms with Crippen LogP contribution in [0.1, 0.15) is 5.69 Å². The van der Waals surface area contributed by atoms with E-state index in [1.54, 1.807) is 17.0 Å². The Balaban J connectivity index is 1.69. The Morgan fingerprint density at radius 2 is 1.88 bits per heavy atom. The predicted molar refractivity (Wildman–Crippen MR) is 97.7 cm³/mol. The van der Waals surface area contributed by atoms with Crippen LogP contribution in [0.4, 0.5) is 0 Å². The maximum absolute atomic E-state index is 12.5. The molecule has 2 aromatic carbocycles. The molecule has 4 aromatic rings. The Morgan fingerprint density at radius 1 is 1.08 bits per heavy atom. The Labute approximate surface area is 147 Å². The summed E-state index contributed by atoms with van der Waals surface area (Å²) in [6.45, 7) is 0.387. The molecule has 2 heterocycles. The fraction of sp³-hybridized carbons (Fsp3) is 0.0556. The van der Waals surface area contributed by atoms with Crippen LogP contribution in [-0.2, 0) is 6.54 Å². The number of aromatic nitrogens is 3. The van der Waals surface area contributed by atoms with Crippen molar-refractivity contribution in [1.82, 2.24) is 14.5 Å². The van der Waals surface area contributed by atoms with Gasteiger partial charge in [-0.25, -0.2) is 9.97 Å². The number of thiazole rings is 1. The number of hydrogen-bond acceptors (Lipinski definition) is 4. The quantitative estimate of drug-likeness (QED) is 0.554. The molecule has 4 nitrogen and oxygen atoms in total. The molecule has 2 aromatic heterocycles. The van der Waals surface area contributed by atoms with Gasteiger partial charge in [-0.15, -0.1) is 11.3 Å². The van der Waals surface area contributed by atoms with Gasteiger partial charge in [-0.3, -0.25) is 9.36 Å². The molecule has 0 spiro atoms. The highest BCUT2D eigenvalue weighted by Gasteiger charge is 2.10. The summed E-state index contributed by atoms with van der Waals surface area (Å²) in [5, 5.41) is 4.07. The molecule has 0 N–H and O–H groups in total. The van der Waals surface area contributed by atoms with Gasteiger partial charge >= 0.3 is 0 Å². The van der Waals surface area contributed by atoms with Crippen LogP contribution in [0.15, 0.2) is 65.0 Å². The van der Waals surface area contributed by atoms with Crippen LogP contribution >= 0.6 is 22.9 Å². The molecule has 0 aliphatic rings. The SMILES string of the molecule is O=c1c2ccccc2ncn1Cc1csc(-c2ccccc2Cl)n1. The standard InChI is InChI=1S/C18H12ClN3OS/c19-15-7-3-1-5-13(15)17-21-12(10-24-17)9-22-11-20-16-8-4-2-6-14(16)18(22)23/h1-8,10-11H,9H2. The van der Waals surface area contributed by atoms with Crippen LogP contribution < -0.4 is 5.56 Å². The molecule has 0 saturated heterocycles. The number of benzene rings is 2. The second kappa shape index (κ2) is 6.19. The minimum Gasteiger partial charge on any atom is -0.293 e. The molecule has 0 amide bonds. The summed E-state index contributed by atoms with van der Waals surface area (Å²) in [5.74, 6) is 0. The van der Waals surface area contributed by atoms with Gasteiger partial charge in [0.2, 0.25) is 0 Å². The zero-order chi connectivity index (χ0) is 16.5. The van der Waals surface area contributed by atoms with Gasteiger partial charge in [0.05, 0.1) is 34.5 Å². The maximum Gasteiger partial charge on any atom is 0.261 e. The average molecular weight is 354 g/mol. The minimum atomic E-state index is -0.0621. The third-order valence-electron chi connectivity index (χ3n) is 3.72. The molecule has 118 valence electrons. The van der Waals surface area contributed by atoms with Crippen molar-refractivity contribution in [3.8, 4) is 10.6 Å². The van der Waals surface area contributed by atoms with Gasteiger partial charge < -0.3 is 0 Å². The van der Waals surface area contributed by atoms with Crippen molar-refractivity contribution in [2.24, 2.45) is 0 Å². The lowest BCUT2D eigenvalue weighted by Crippen LogP contribution is -2.21. The van der Waals surface area contributed by atoms with E-state index in [1.165, 1.54) is 11.3 Å². The smallest absolute Gasteiger partial charge is 0.261 e. The van der Waals surface area contributed by atoms with E-state index in [9.17, 15) is 4.79 Å². The summed E-state index contributed by atoms with van der Waals surface area (Å²) in [6.07, 6.45) is 1.57. The summed E-state index contributed by atoms with van der Waals surface area (Å²) in [4.78, 5) is 21.5. The lowest BCUT2D eigenvalue weighted by molar-refractivity contribution is 0.734. The first-order valence-electron chi connectivity index (χ1n) is 7.36. The average Bonchev–Trinajstić information content (AvgIpc) is 3.06. The molecule has 0 unspecified atom stereocenters. The number of fused-ring (bicyclic) bond motifs is 1. The van der Waals surface area contributed by atoms with E-state index in [-0.39, 0.29) is 5.56 Å². The summed E-state index contributed by atoms with van der Waals surface area (Å²) >= 11 is 7.73. The second-order valence-corrected chi connectivity index (χ2v) is 6.58. The van der Waals surface area contributed by atoms with E-state index in [0.29, 0.717) is 22.5 Å². The van der Waals surface area contributed by atoms with Crippen LogP contribution in [-0.4, -0.2) is 14.5 Å². The maximum atomic E-state index is 12.5. The van der Waals surface area contributed by atoms with Crippen molar-refractivity contribution in [2.75, 3.05) is 0 Å². The number of halogens is 1. The van der Waals surface area contributed by atoms with Crippen molar-refractivity contribution in [1.29, 1.82) is 0 Å². The zero-order valence-electron chi connectivity index (χ0n) is 12.5. The summed E-state index contributed by atoms with van der Waals surface area (Å²) in [7, 11) is 0.